The number of hydrogen-bond donors (Lipinski definition) is 2. The third-order valence-corrected chi connectivity index (χ3v) is 1.75. The third-order valence-electron chi connectivity index (χ3n) is 1.75. The maximum absolute atomic E-state index is 11.6. The van der Waals surface area contributed by atoms with Crippen molar-refractivity contribution in [2.24, 2.45) is 0 Å². The highest BCUT2D eigenvalue weighted by Gasteiger charge is 2.19. The minimum absolute atomic E-state index is 0.108. The number of hydrogen-bond acceptors (Lipinski definition) is 2. The Kier molecular flexibility index (Phi) is 3.29. The Morgan fingerprint density at radius 2 is 2.55 bits per heavy atom. The van der Waals surface area contributed by atoms with Crippen molar-refractivity contribution >= 4 is 5.91 Å². The quantitative estimate of drug-likeness (QED) is 0.560. The minimum Gasteiger partial charge on any atom is -0.352 e. The molecule has 0 radical (unpaired) electrons. The number of carbonyl (C=O) groups excluding carboxylic acids is 1. The Morgan fingerprint density at radius 1 is 1.73 bits per heavy atom. The van der Waals surface area contributed by atoms with Crippen LogP contribution in [0.5, 0.6) is 0 Å². The Balaban J connectivity index is 2.04. The van der Waals surface area contributed by atoms with E-state index in [9.17, 15) is 9.18 Å². The lowest BCUT2D eigenvalue weighted by Gasteiger charge is -2.09. The van der Waals surface area contributed by atoms with Crippen molar-refractivity contribution in [1.82, 2.24) is 10.6 Å². The molecular formula is C7H13FN2O. The molecule has 0 aromatic rings. The molecule has 64 valence electrons. The van der Waals surface area contributed by atoms with E-state index >= 15 is 0 Å². The highest BCUT2D eigenvalue weighted by Crippen LogP contribution is 2.04. The van der Waals surface area contributed by atoms with Crippen molar-refractivity contribution in [2.75, 3.05) is 19.8 Å². The molecule has 0 aromatic carbocycles. The Labute approximate surface area is 65.3 Å². The summed E-state index contributed by atoms with van der Waals surface area (Å²) in [6.45, 7) is 0.725. The fourth-order valence-corrected chi connectivity index (χ4v) is 1.17. The van der Waals surface area contributed by atoms with Gasteiger partial charge in [-0.25, -0.2) is 4.39 Å². The first kappa shape index (κ1) is 8.46. The molecule has 2 N–H and O–H groups in total. The summed E-state index contributed by atoms with van der Waals surface area (Å²) in [5.74, 6) is 0.108. The summed E-state index contributed by atoms with van der Waals surface area (Å²) in [7, 11) is 0. The zero-order valence-corrected chi connectivity index (χ0v) is 6.40. The number of carbonyl (C=O) groups is 1. The van der Waals surface area contributed by atoms with Crippen LogP contribution in [0.15, 0.2) is 0 Å². The Hall–Kier alpha value is -0.640. The van der Waals surface area contributed by atoms with E-state index in [2.05, 4.69) is 10.6 Å². The second kappa shape index (κ2) is 4.28. The molecule has 1 amide bonds. The van der Waals surface area contributed by atoms with Gasteiger partial charge in [0.05, 0.1) is 0 Å². The molecule has 0 aliphatic carbocycles. The average Bonchev–Trinajstić information content (AvgIpc) is 2.37. The molecule has 1 aliphatic rings. The average molecular weight is 160 g/mol. The molecule has 1 fully saturated rings. The van der Waals surface area contributed by atoms with Gasteiger partial charge in [0, 0.05) is 25.6 Å². The van der Waals surface area contributed by atoms with Crippen LogP contribution in [0.4, 0.5) is 4.39 Å². The van der Waals surface area contributed by atoms with Crippen LogP contribution in [-0.2, 0) is 4.79 Å². The van der Waals surface area contributed by atoms with Crippen molar-refractivity contribution in [2.45, 2.75) is 18.9 Å². The topological polar surface area (TPSA) is 41.1 Å². The van der Waals surface area contributed by atoms with Crippen LogP contribution in [-0.4, -0.2) is 31.7 Å². The molecule has 4 heteroatoms. The largest absolute Gasteiger partial charge is 0.352 e. The van der Waals surface area contributed by atoms with Crippen molar-refractivity contribution in [1.29, 1.82) is 0 Å². The molecular weight excluding hydrogens is 147 g/mol. The van der Waals surface area contributed by atoms with Gasteiger partial charge in [-0.05, 0) is 6.42 Å². The van der Waals surface area contributed by atoms with E-state index in [1.165, 1.54) is 0 Å². The van der Waals surface area contributed by atoms with E-state index in [0.29, 0.717) is 19.5 Å². The van der Waals surface area contributed by atoms with Crippen LogP contribution in [0.1, 0.15) is 12.8 Å². The van der Waals surface area contributed by atoms with E-state index in [-0.39, 0.29) is 18.6 Å². The zero-order chi connectivity index (χ0) is 8.10. The van der Waals surface area contributed by atoms with Crippen LogP contribution >= 0.6 is 0 Å². The maximum atomic E-state index is 11.6. The predicted molar refractivity (Wildman–Crippen MR) is 40.0 cm³/mol. The van der Waals surface area contributed by atoms with Crippen molar-refractivity contribution in [3.63, 3.8) is 0 Å². The lowest BCUT2D eigenvalue weighted by molar-refractivity contribution is -0.119. The number of nitrogens with one attached hydrogen (secondary N) is 2. The van der Waals surface area contributed by atoms with Gasteiger partial charge >= 0.3 is 0 Å². The van der Waals surface area contributed by atoms with Crippen molar-refractivity contribution in [3.8, 4) is 0 Å². The van der Waals surface area contributed by atoms with E-state index in [0.717, 1.165) is 6.42 Å². The van der Waals surface area contributed by atoms with E-state index < -0.39 is 0 Å². The van der Waals surface area contributed by atoms with Crippen molar-refractivity contribution in [3.05, 3.63) is 0 Å². The first-order valence-corrected chi connectivity index (χ1v) is 3.89. The van der Waals surface area contributed by atoms with Crippen LogP contribution in [0.25, 0.3) is 0 Å². The van der Waals surface area contributed by atoms with Gasteiger partial charge in [-0.3, -0.25) is 4.79 Å². The Bertz CT molecular complexity index is 140. The normalized spacial score (nSPS) is 23.7. The summed E-state index contributed by atoms with van der Waals surface area (Å²) in [4.78, 5) is 10.7. The standard InChI is InChI=1S/C7H13FN2O/c8-3-4-9-5-6-1-2-7(11)10-6/h6,9H,1-5H2,(H,10,11). The molecule has 1 unspecified atom stereocenters. The molecule has 0 saturated carbocycles. The summed E-state index contributed by atoms with van der Waals surface area (Å²) in [6.07, 6.45) is 1.49. The SMILES string of the molecule is O=C1CCC(CNCCF)N1. The fraction of sp³-hybridized carbons (Fsp3) is 0.857. The minimum atomic E-state index is -0.347. The summed E-state index contributed by atoms with van der Waals surface area (Å²) in [5, 5.41) is 5.70. The van der Waals surface area contributed by atoms with E-state index in [1.54, 1.807) is 0 Å². The number of halogens is 1. The molecule has 1 saturated heterocycles. The van der Waals surface area contributed by atoms with Crippen molar-refractivity contribution < 1.29 is 9.18 Å². The van der Waals surface area contributed by atoms with E-state index in [4.69, 9.17) is 0 Å². The van der Waals surface area contributed by atoms with Crippen LogP contribution in [0, 0.1) is 0 Å². The van der Waals surface area contributed by atoms with Gasteiger partial charge < -0.3 is 10.6 Å². The van der Waals surface area contributed by atoms with E-state index in [1.807, 2.05) is 0 Å². The molecule has 0 spiro atoms. The summed E-state index contributed by atoms with van der Waals surface area (Å²) < 4.78 is 11.6. The van der Waals surface area contributed by atoms with Crippen LogP contribution < -0.4 is 10.6 Å². The number of amides is 1. The number of rotatable bonds is 4. The van der Waals surface area contributed by atoms with Gasteiger partial charge in [-0.1, -0.05) is 0 Å². The van der Waals surface area contributed by atoms with Gasteiger partial charge in [0.25, 0.3) is 0 Å². The highest BCUT2D eigenvalue weighted by atomic mass is 19.1. The van der Waals surface area contributed by atoms with Gasteiger partial charge in [0.2, 0.25) is 5.91 Å². The molecule has 0 aromatic heterocycles. The molecule has 1 rings (SSSR count). The highest BCUT2D eigenvalue weighted by molar-refractivity contribution is 5.78. The van der Waals surface area contributed by atoms with Crippen LogP contribution in [0.3, 0.4) is 0 Å². The monoisotopic (exact) mass is 160 g/mol. The smallest absolute Gasteiger partial charge is 0.220 e. The molecule has 1 atom stereocenters. The van der Waals surface area contributed by atoms with Gasteiger partial charge in [0.15, 0.2) is 0 Å². The fourth-order valence-electron chi connectivity index (χ4n) is 1.17. The molecule has 11 heavy (non-hydrogen) atoms. The maximum Gasteiger partial charge on any atom is 0.220 e. The van der Waals surface area contributed by atoms with Gasteiger partial charge in [-0.2, -0.15) is 0 Å². The summed E-state index contributed by atoms with van der Waals surface area (Å²) in [5.41, 5.74) is 0. The Morgan fingerprint density at radius 3 is 3.09 bits per heavy atom. The molecule has 1 aliphatic heterocycles. The van der Waals surface area contributed by atoms with Crippen LogP contribution in [0.2, 0.25) is 0 Å². The third kappa shape index (κ3) is 2.84. The summed E-state index contributed by atoms with van der Waals surface area (Å²) in [6, 6.07) is 0.217. The number of alkyl halides is 1. The molecule has 3 nitrogen and oxygen atoms in total. The molecule has 1 heterocycles. The second-order valence-corrected chi connectivity index (χ2v) is 2.70. The lowest BCUT2D eigenvalue weighted by Crippen LogP contribution is -2.36. The first-order valence-electron chi connectivity index (χ1n) is 3.89. The lowest BCUT2D eigenvalue weighted by atomic mass is 10.2. The zero-order valence-electron chi connectivity index (χ0n) is 6.40. The van der Waals surface area contributed by atoms with Gasteiger partial charge in [0.1, 0.15) is 6.67 Å². The first-order chi connectivity index (χ1) is 5.33. The summed E-state index contributed by atoms with van der Waals surface area (Å²) >= 11 is 0. The molecule has 0 bridgehead atoms. The predicted octanol–water partition coefficient (Wildman–Crippen LogP) is -0.176. The van der Waals surface area contributed by atoms with Gasteiger partial charge in [-0.15, -0.1) is 0 Å². The second-order valence-electron chi connectivity index (χ2n) is 2.70.